The predicted molar refractivity (Wildman–Crippen MR) is 142 cm³/mol. The molecule has 0 radical (unpaired) electrons. The minimum Gasteiger partial charge on any atom is -0.388 e. The quantitative estimate of drug-likeness (QED) is 0.422. The molecule has 4 aromatic rings. The monoisotopic (exact) mass is 533 g/mol. The zero-order chi connectivity index (χ0) is 27.1. The lowest BCUT2D eigenvalue weighted by Gasteiger charge is -2.40. The SMILES string of the molecule is Cn1cc([C@H]2CC[C@H](C(=O)N3CCC(O)(Cn4cnc5c(cnn5-c5ccc(F)cc5)c4=O)CC3)CC2)cn1. The van der Waals surface area contributed by atoms with Gasteiger partial charge in [0.2, 0.25) is 5.91 Å². The molecule has 0 atom stereocenters. The summed E-state index contributed by atoms with van der Waals surface area (Å²) in [6.07, 6.45) is 11.3. The van der Waals surface area contributed by atoms with Crippen molar-refractivity contribution in [3.8, 4) is 5.69 Å². The van der Waals surface area contributed by atoms with Gasteiger partial charge >= 0.3 is 0 Å². The van der Waals surface area contributed by atoms with Crippen molar-refractivity contribution in [2.45, 2.75) is 56.6 Å². The lowest BCUT2D eigenvalue weighted by Crippen LogP contribution is -2.51. The van der Waals surface area contributed by atoms with E-state index in [1.54, 1.807) is 12.1 Å². The number of likely N-dealkylation sites (tertiary alicyclic amines) is 1. The van der Waals surface area contributed by atoms with E-state index < -0.39 is 5.60 Å². The number of benzene rings is 1. The van der Waals surface area contributed by atoms with Gasteiger partial charge in [0.05, 0.1) is 30.2 Å². The molecule has 0 unspecified atom stereocenters. The maximum atomic E-state index is 13.3. The molecule has 2 aliphatic rings. The van der Waals surface area contributed by atoms with E-state index in [0.717, 1.165) is 25.7 Å². The molecule has 2 fully saturated rings. The molecule has 3 aromatic heterocycles. The van der Waals surface area contributed by atoms with Crippen molar-refractivity contribution in [3.05, 3.63) is 70.9 Å². The third-order valence-electron chi connectivity index (χ3n) is 8.37. The van der Waals surface area contributed by atoms with E-state index in [1.165, 1.54) is 39.5 Å². The molecule has 1 N–H and O–H groups in total. The Morgan fingerprint density at radius 1 is 1.08 bits per heavy atom. The molecule has 204 valence electrons. The Morgan fingerprint density at radius 2 is 1.79 bits per heavy atom. The van der Waals surface area contributed by atoms with E-state index in [2.05, 4.69) is 21.4 Å². The van der Waals surface area contributed by atoms with Crippen molar-refractivity contribution in [2.24, 2.45) is 13.0 Å². The molecule has 1 aliphatic carbocycles. The number of fused-ring (bicyclic) bond motifs is 1. The molecule has 11 heteroatoms. The van der Waals surface area contributed by atoms with Crippen LogP contribution in [0.25, 0.3) is 16.7 Å². The van der Waals surface area contributed by atoms with Crippen LogP contribution in [0, 0.1) is 11.7 Å². The van der Waals surface area contributed by atoms with Crippen LogP contribution in [0.4, 0.5) is 4.39 Å². The summed E-state index contributed by atoms with van der Waals surface area (Å²) in [5.41, 5.74) is 0.801. The fraction of sp³-hybridized carbons (Fsp3) is 0.464. The van der Waals surface area contributed by atoms with Crippen molar-refractivity contribution < 1.29 is 14.3 Å². The lowest BCUT2D eigenvalue weighted by molar-refractivity contribution is -0.141. The first-order valence-electron chi connectivity index (χ1n) is 13.5. The summed E-state index contributed by atoms with van der Waals surface area (Å²) in [7, 11) is 1.92. The number of carbonyl (C=O) groups is 1. The zero-order valence-electron chi connectivity index (χ0n) is 21.9. The second-order valence-electron chi connectivity index (χ2n) is 11.0. The Labute approximate surface area is 224 Å². The highest BCUT2D eigenvalue weighted by atomic mass is 19.1. The lowest BCUT2D eigenvalue weighted by atomic mass is 9.78. The summed E-state index contributed by atoms with van der Waals surface area (Å²) in [6.45, 7) is 1.02. The summed E-state index contributed by atoms with van der Waals surface area (Å²) < 4.78 is 18.0. The van der Waals surface area contributed by atoms with Gasteiger partial charge in [0.15, 0.2) is 5.65 Å². The minimum absolute atomic E-state index is 0.0241. The van der Waals surface area contributed by atoms with Gasteiger partial charge in [-0.3, -0.25) is 18.8 Å². The number of hydrogen-bond donors (Lipinski definition) is 1. The third-order valence-corrected chi connectivity index (χ3v) is 8.37. The number of carbonyl (C=O) groups excluding carboxylic acids is 1. The Bertz CT molecular complexity index is 1540. The number of aromatic nitrogens is 6. The number of aliphatic hydroxyl groups is 1. The summed E-state index contributed by atoms with van der Waals surface area (Å²) in [4.78, 5) is 32.7. The van der Waals surface area contributed by atoms with Gasteiger partial charge < -0.3 is 10.0 Å². The highest BCUT2D eigenvalue weighted by molar-refractivity contribution is 5.79. The second-order valence-corrected chi connectivity index (χ2v) is 11.0. The largest absolute Gasteiger partial charge is 0.388 e. The molecule has 4 heterocycles. The van der Waals surface area contributed by atoms with Crippen LogP contribution in [-0.2, 0) is 18.4 Å². The third kappa shape index (κ3) is 4.98. The Kier molecular flexibility index (Phi) is 6.54. The molecular formula is C28H32FN7O3. The maximum absolute atomic E-state index is 13.3. The van der Waals surface area contributed by atoms with Gasteiger partial charge in [0.25, 0.3) is 5.56 Å². The van der Waals surface area contributed by atoms with Crippen LogP contribution in [0.3, 0.4) is 0 Å². The number of halogens is 1. The molecule has 1 saturated carbocycles. The van der Waals surface area contributed by atoms with Crippen LogP contribution < -0.4 is 5.56 Å². The Hall–Kier alpha value is -3.86. The molecule has 1 aromatic carbocycles. The Morgan fingerprint density at radius 3 is 2.46 bits per heavy atom. The summed E-state index contributed by atoms with van der Waals surface area (Å²) in [5.74, 6) is 0.298. The van der Waals surface area contributed by atoms with E-state index >= 15 is 0 Å². The summed E-state index contributed by atoms with van der Waals surface area (Å²) in [5, 5.41) is 20.2. The topological polar surface area (TPSA) is 111 Å². The highest BCUT2D eigenvalue weighted by Crippen LogP contribution is 2.37. The molecule has 1 aliphatic heterocycles. The standard InChI is InChI=1S/C28H32FN7O3/c1-33-16-21(14-31-33)19-2-4-20(5-3-19)26(37)34-12-10-28(39,11-13-34)17-35-18-30-25-24(27(35)38)15-32-36(25)23-8-6-22(29)7-9-23/h6-9,14-16,18-20,39H,2-5,10-13,17H2,1H3/t19-,20-. The van der Waals surface area contributed by atoms with Crippen LogP contribution >= 0.6 is 0 Å². The number of piperidine rings is 1. The molecule has 6 rings (SSSR count). The number of hydrogen-bond acceptors (Lipinski definition) is 6. The van der Waals surface area contributed by atoms with E-state index in [4.69, 9.17) is 0 Å². The first-order valence-corrected chi connectivity index (χ1v) is 13.5. The normalized spacial score (nSPS) is 21.4. The Balaban J connectivity index is 1.08. The van der Waals surface area contributed by atoms with Crippen LogP contribution in [0.1, 0.15) is 50.0 Å². The van der Waals surface area contributed by atoms with Gasteiger partial charge in [-0.15, -0.1) is 0 Å². The van der Waals surface area contributed by atoms with Gasteiger partial charge in [0, 0.05) is 32.3 Å². The van der Waals surface area contributed by atoms with Crippen molar-refractivity contribution >= 4 is 16.9 Å². The molecule has 0 bridgehead atoms. The van der Waals surface area contributed by atoms with Crippen molar-refractivity contribution in [1.82, 2.24) is 34.0 Å². The smallest absolute Gasteiger partial charge is 0.264 e. The van der Waals surface area contributed by atoms with Crippen LogP contribution in [-0.4, -0.2) is 63.7 Å². The molecule has 1 amide bonds. The number of amides is 1. The molecular weight excluding hydrogens is 501 g/mol. The molecule has 39 heavy (non-hydrogen) atoms. The minimum atomic E-state index is -1.11. The van der Waals surface area contributed by atoms with Gasteiger partial charge in [-0.05, 0) is 74.3 Å². The van der Waals surface area contributed by atoms with Gasteiger partial charge in [-0.2, -0.15) is 10.2 Å². The van der Waals surface area contributed by atoms with Crippen LogP contribution in [0.5, 0.6) is 0 Å². The first-order chi connectivity index (χ1) is 18.8. The van der Waals surface area contributed by atoms with Crippen molar-refractivity contribution in [2.75, 3.05) is 13.1 Å². The fourth-order valence-corrected chi connectivity index (χ4v) is 6.03. The number of rotatable bonds is 5. The second kappa shape index (κ2) is 10.0. The van der Waals surface area contributed by atoms with Crippen molar-refractivity contribution in [3.63, 3.8) is 0 Å². The van der Waals surface area contributed by atoms with Gasteiger partial charge in [-0.1, -0.05) is 0 Å². The van der Waals surface area contributed by atoms with E-state index in [1.807, 2.05) is 22.8 Å². The summed E-state index contributed by atoms with van der Waals surface area (Å²) >= 11 is 0. The molecule has 0 spiro atoms. The number of nitrogens with zero attached hydrogens (tertiary/aromatic N) is 7. The maximum Gasteiger partial charge on any atom is 0.264 e. The van der Waals surface area contributed by atoms with Gasteiger partial charge in [0.1, 0.15) is 17.5 Å². The first kappa shape index (κ1) is 25.4. The zero-order valence-corrected chi connectivity index (χ0v) is 21.9. The van der Waals surface area contributed by atoms with Crippen LogP contribution in [0.15, 0.2) is 54.0 Å². The predicted octanol–water partition coefficient (Wildman–Crippen LogP) is 2.78. The molecule has 1 saturated heterocycles. The molecule has 10 nitrogen and oxygen atoms in total. The summed E-state index contributed by atoms with van der Waals surface area (Å²) in [6, 6.07) is 5.78. The van der Waals surface area contributed by atoms with Gasteiger partial charge in [-0.25, -0.2) is 14.1 Å². The van der Waals surface area contributed by atoms with E-state index in [-0.39, 0.29) is 29.7 Å². The highest BCUT2D eigenvalue weighted by Gasteiger charge is 2.37. The van der Waals surface area contributed by atoms with E-state index in [0.29, 0.717) is 48.6 Å². The average Bonchev–Trinajstić information content (AvgIpc) is 3.58. The fourth-order valence-electron chi connectivity index (χ4n) is 6.03. The van der Waals surface area contributed by atoms with Crippen molar-refractivity contribution in [1.29, 1.82) is 0 Å². The van der Waals surface area contributed by atoms with E-state index in [9.17, 15) is 19.1 Å². The average molecular weight is 534 g/mol. The van der Waals surface area contributed by atoms with Crippen LogP contribution in [0.2, 0.25) is 0 Å². The number of aryl methyl sites for hydroxylation is 1.